The Bertz CT molecular complexity index is 167. The van der Waals surface area contributed by atoms with Gasteiger partial charge in [0.15, 0.2) is 0 Å². The number of hydrogen-bond donors (Lipinski definition) is 4. The maximum atomic E-state index is 5.13. The van der Waals surface area contributed by atoms with Crippen LogP contribution in [-0.4, -0.2) is 6.54 Å². The van der Waals surface area contributed by atoms with E-state index in [0.29, 0.717) is 5.41 Å². The van der Waals surface area contributed by atoms with Crippen molar-refractivity contribution in [1.29, 1.82) is 0 Å². The van der Waals surface area contributed by atoms with Crippen LogP contribution in [0.1, 0.15) is 66.2 Å². The van der Waals surface area contributed by atoms with Gasteiger partial charge >= 0.3 is 0 Å². The lowest BCUT2D eigenvalue weighted by Crippen LogP contribution is -2.48. The van der Waals surface area contributed by atoms with Gasteiger partial charge in [0.05, 0.1) is 0 Å². The second-order valence-electron chi connectivity index (χ2n) is 5.10. The molecule has 5 N–H and O–H groups in total. The predicted octanol–water partition coefficient (Wildman–Crippen LogP) is 2.48. The van der Waals surface area contributed by atoms with Crippen molar-refractivity contribution in [2.24, 2.45) is 17.2 Å². The average molecular weight is 244 g/mol. The third kappa shape index (κ3) is 5.82. The molecule has 0 aliphatic rings. The largest absolute Gasteiger partial charge is 0.257 e. The molecule has 4 nitrogen and oxygen atoms in total. The van der Waals surface area contributed by atoms with Gasteiger partial charge in [-0.2, -0.15) is 11.1 Å². The van der Waals surface area contributed by atoms with E-state index in [1.165, 1.54) is 38.5 Å². The van der Waals surface area contributed by atoms with Crippen LogP contribution >= 0.6 is 0 Å². The monoisotopic (exact) mass is 244 g/mol. The van der Waals surface area contributed by atoms with Crippen LogP contribution in [0.5, 0.6) is 0 Å². The van der Waals surface area contributed by atoms with E-state index in [0.717, 1.165) is 12.5 Å². The highest BCUT2D eigenvalue weighted by Crippen LogP contribution is 2.42. The molecule has 4 heteroatoms. The van der Waals surface area contributed by atoms with Gasteiger partial charge in [0.2, 0.25) is 0 Å². The Morgan fingerprint density at radius 1 is 1.12 bits per heavy atom. The first-order chi connectivity index (χ1) is 8.16. The molecule has 0 fully saturated rings. The standard InChI is InChI=1S/C13H32N4/c1-5-9-13(7-3,10-6-2)12(4)8-11-15-17-16-14/h12,15-17H,5-11,14H2,1-4H3/t12-/m1/s1. The molecule has 1 atom stereocenters. The Balaban J connectivity index is 4.24. The van der Waals surface area contributed by atoms with Crippen molar-refractivity contribution < 1.29 is 0 Å². The molecule has 0 heterocycles. The number of hydrogen-bond acceptors (Lipinski definition) is 4. The summed E-state index contributed by atoms with van der Waals surface area (Å²) in [6.45, 7) is 10.3. The van der Waals surface area contributed by atoms with Crippen LogP contribution in [0.2, 0.25) is 0 Å². The molecule has 0 rings (SSSR count). The molecule has 0 aromatic carbocycles. The van der Waals surface area contributed by atoms with E-state index in [4.69, 9.17) is 5.84 Å². The lowest BCUT2D eigenvalue weighted by atomic mass is 9.67. The summed E-state index contributed by atoms with van der Waals surface area (Å²) in [4.78, 5) is 0. The molecule has 17 heavy (non-hydrogen) atoms. The van der Waals surface area contributed by atoms with Crippen molar-refractivity contribution in [1.82, 2.24) is 16.5 Å². The first-order valence-electron chi connectivity index (χ1n) is 7.10. The Kier molecular flexibility index (Phi) is 9.74. The highest BCUT2D eigenvalue weighted by Gasteiger charge is 2.31. The molecule has 0 bridgehead atoms. The van der Waals surface area contributed by atoms with Crippen LogP contribution in [0.3, 0.4) is 0 Å². The highest BCUT2D eigenvalue weighted by molar-refractivity contribution is 4.83. The molecule has 0 spiro atoms. The first kappa shape index (κ1) is 16.8. The summed E-state index contributed by atoms with van der Waals surface area (Å²) in [5.41, 5.74) is 8.69. The van der Waals surface area contributed by atoms with Crippen molar-refractivity contribution in [3.8, 4) is 0 Å². The Morgan fingerprint density at radius 3 is 2.12 bits per heavy atom. The summed E-state index contributed by atoms with van der Waals surface area (Å²) in [7, 11) is 0. The molecule has 0 aromatic rings. The number of hydrazine groups is 3. The van der Waals surface area contributed by atoms with Crippen LogP contribution in [-0.2, 0) is 0 Å². The predicted molar refractivity (Wildman–Crippen MR) is 74.8 cm³/mol. The van der Waals surface area contributed by atoms with Crippen LogP contribution in [0.25, 0.3) is 0 Å². The zero-order valence-electron chi connectivity index (χ0n) is 12.1. The fourth-order valence-corrected chi connectivity index (χ4v) is 3.02. The summed E-state index contributed by atoms with van der Waals surface area (Å²) < 4.78 is 0. The van der Waals surface area contributed by atoms with Gasteiger partial charge in [-0.05, 0) is 30.6 Å². The van der Waals surface area contributed by atoms with Gasteiger partial charge in [0, 0.05) is 6.54 Å². The molecular formula is C13H32N4. The minimum Gasteiger partial charge on any atom is -0.257 e. The minimum absolute atomic E-state index is 0.529. The third-order valence-corrected chi connectivity index (χ3v) is 4.11. The average Bonchev–Trinajstić information content (AvgIpc) is 2.34. The topological polar surface area (TPSA) is 62.1 Å². The molecule has 0 aromatic heterocycles. The van der Waals surface area contributed by atoms with E-state index in [9.17, 15) is 0 Å². The van der Waals surface area contributed by atoms with Gasteiger partial charge in [-0.1, -0.05) is 47.0 Å². The van der Waals surface area contributed by atoms with Crippen LogP contribution in [0.4, 0.5) is 0 Å². The van der Waals surface area contributed by atoms with Gasteiger partial charge in [0.1, 0.15) is 0 Å². The zero-order valence-corrected chi connectivity index (χ0v) is 12.1. The number of rotatable bonds is 11. The quantitative estimate of drug-likeness (QED) is 0.256. The van der Waals surface area contributed by atoms with E-state index in [2.05, 4.69) is 44.2 Å². The van der Waals surface area contributed by atoms with E-state index in [-0.39, 0.29) is 0 Å². The van der Waals surface area contributed by atoms with Crippen LogP contribution in [0.15, 0.2) is 0 Å². The molecule has 104 valence electrons. The van der Waals surface area contributed by atoms with Crippen molar-refractivity contribution in [3.05, 3.63) is 0 Å². The molecule has 0 saturated carbocycles. The first-order valence-corrected chi connectivity index (χ1v) is 7.10. The minimum atomic E-state index is 0.529. The van der Waals surface area contributed by atoms with Crippen molar-refractivity contribution in [2.75, 3.05) is 6.54 Å². The molecule has 0 radical (unpaired) electrons. The SMILES string of the molecule is CCCC(CC)(CCC)[C@H](C)CCNNNN. The smallest absolute Gasteiger partial charge is 0.0116 e. The lowest BCUT2D eigenvalue weighted by molar-refractivity contribution is 0.121. The van der Waals surface area contributed by atoms with Crippen molar-refractivity contribution in [2.45, 2.75) is 66.2 Å². The third-order valence-electron chi connectivity index (χ3n) is 4.11. The Hall–Kier alpha value is -0.160. The molecule has 0 aliphatic heterocycles. The van der Waals surface area contributed by atoms with Gasteiger partial charge in [-0.15, -0.1) is 0 Å². The van der Waals surface area contributed by atoms with E-state index >= 15 is 0 Å². The lowest BCUT2D eigenvalue weighted by Gasteiger charge is -2.39. The maximum absolute atomic E-state index is 5.13. The summed E-state index contributed by atoms with van der Waals surface area (Å²) >= 11 is 0. The second kappa shape index (κ2) is 9.83. The van der Waals surface area contributed by atoms with Crippen molar-refractivity contribution in [3.63, 3.8) is 0 Å². The molecular weight excluding hydrogens is 212 g/mol. The van der Waals surface area contributed by atoms with Crippen LogP contribution < -0.4 is 22.3 Å². The summed E-state index contributed by atoms with van der Waals surface area (Å²) in [5.74, 6) is 5.88. The molecule has 0 amide bonds. The fourth-order valence-electron chi connectivity index (χ4n) is 3.02. The summed E-state index contributed by atoms with van der Waals surface area (Å²) in [6, 6.07) is 0. The zero-order chi connectivity index (χ0) is 13.1. The highest BCUT2D eigenvalue weighted by atomic mass is 15.7. The van der Waals surface area contributed by atoms with E-state index < -0.39 is 0 Å². The van der Waals surface area contributed by atoms with Gasteiger partial charge < -0.3 is 0 Å². The van der Waals surface area contributed by atoms with E-state index in [1.54, 1.807) is 0 Å². The fraction of sp³-hybridized carbons (Fsp3) is 1.00. The molecule has 0 saturated heterocycles. The molecule has 0 aliphatic carbocycles. The van der Waals surface area contributed by atoms with E-state index in [1.807, 2.05) is 0 Å². The normalized spacial score (nSPS) is 13.9. The molecule has 0 unspecified atom stereocenters. The van der Waals surface area contributed by atoms with Gasteiger partial charge in [0.25, 0.3) is 0 Å². The summed E-state index contributed by atoms with van der Waals surface area (Å²) in [5, 5.41) is 0. The number of nitrogens with two attached hydrogens (primary N) is 1. The Labute approximate surface area is 107 Å². The maximum Gasteiger partial charge on any atom is 0.0116 e. The van der Waals surface area contributed by atoms with Crippen LogP contribution in [0, 0.1) is 11.3 Å². The van der Waals surface area contributed by atoms with Crippen molar-refractivity contribution >= 4 is 0 Å². The second-order valence-corrected chi connectivity index (χ2v) is 5.10. The number of nitrogens with one attached hydrogen (secondary N) is 3. The van der Waals surface area contributed by atoms with Gasteiger partial charge in [-0.25, -0.2) is 5.43 Å². The summed E-state index contributed by atoms with van der Waals surface area (Å²) in [6.07, 6.45) is 7.74. The van der Waals surface area contributed by atoms with Gasteiger partial charge in [-0.3, -0.25) is 5.84 Å². The Morgan fingerprint density at radius 2 is 1.71 bits per heavy atom.